The number of rotatable bonds is 6. The van der Waals surface area contributed by atoms with Gasteiger partial charge in [-0.3, -0.25) is 0 Å². The molecule has 0 radical (unpaired) electrons. The van der Waals surface area contributed by atoms with Gasteiger partial charge in [-0.25, -0.2) is 4.39 Å². The highest BCUT2D eigenvalue weighted by Gasteiger charge is 2.37. The minimum atomic E-state index is -0.634. The predicted molar refractivity (Wildman–Crippen MR) is 78.1 cm³/mol. The third-order valence-corrected chi connectivity index (χ3v) is 4.39. The molecule has 1 aromatic carbocycles. The Bertz CT molecular complexity index is 419. The van der Waals surface area contributed by atoms with Crippen molar-refractivity contribution < 1.29 is 9.50 Å². The molecule has 108 valence electrons. The van der Waals surface area contributed by atoms with Gasteiger partial charge in [-0.1, -0.05) is 25.4 Å². The maximum absolute atomic E-state index is 13.7. The molecule has 0 spiro atoms. The van der Waals surface area contributed by atoms with E-state index in [1.54, 1.807) is 6.07 Å². The first kappa shape index (κ1) is 16.4. The van der Waals surface area contributed by atoms with Gasteiger partial charge in [0.05, 0.1) is 6.10 Å². The minimum absolute atomic E-state index is 0.270. The SMILES string of the molecule is CCC(CC)(C(O)Cc1cc(Cl)ccc1F)N(C)C. The van der Waals surface area contributed by atoms with Crippen molar-refractivity contribution in [1.29, 1.82) is 0 Å². The lowest BCUT2D eigenvalue weighted by atomic mass is 9.82. The van der Waals surface area contributed by atoms with E-state index in [1.165, 1.54) is 12.1 Å². The molecule has 19 heavy (non-hydrogen) atoms. The van der Waals surface area contributed by atoms with E-state index in [-0.39, 0.29) is 17.8 Å². The molecule has 0 bridgehead atoms. The zero-order chi connectivity index (χ0) is 14.6. The van der Waals surface area contributed by atoms with Gasteiger partial charge in [-0.15, -0.1) is 0 Å². The van der Waals surface area contributed by atoms with E-state index >= 15 is 0 Å². The average molecular weight is 288 g/mol. The number of aliphatic hydroxyl groups excluding tert-OH is 1. The van der Waals surface area contributed by atoms with Crippen molar-refractivity contribution in [2.75, 3.05) is 14.1 Å². The second-order valence-corrected chi connectivity index (χ2v) is 5.60. The lowest BCUT2D eigenvalue weighted by molar-refractivity contribution is -0.0129. The Hall–Kier alpha value is -0.640. The van der Waals surface area contributed by atoms with Gasteiger partial charge < -0.3 is 10.0 Å². The fraction of sp³-hybridized carbons (Fsp3) is 0.600. The molecule has 1 aromatic rings. The predicted octanol–water partition coefficient (Wildman–Crippen LogP) is 3.50. The fourth-order valence-corrected chi connectivity index (χ4v) is 2.94. The van der Waals surface area contributed by atoms with E-state index in [4.69, 9.17) is 11.6 Å². The Balaban J connectivity index is 2.99. The van der Waals surface area contributed by atoms with Crippen LogP contribution in [0.3, 0.4) is 0 Å². The smallest absolute Gasteiger partial charge is 0.126 e. The number of benzene rings is 1. The summed E-state index contributed by atoms with van der Waals surface area (Å²) in [6.07, 6.45) is 1.25. The lowest BCUT2D eigenvalue weighted by Gasteiger charge is -2.42. The molecule has 0 amide bonds. The molecule has 1 rings (SSSR count). The molecule has 1 atom stereocenters. The first-order chi connectivity index (χ1) is 8.87. The van der Waals surface area contributed by atoms with E-state index in [9.17, 15) is 9.50 Å². The van der Waals surface area contributed by atoms with Crippen molar-refractivity contribution >= 4 is 11.6 Å². The third-order valence-electron chi connectivity index (χ3n) is 4.16. The van der Waals surface area contributed by atoms with E-state index in [0.29, 0.717) is 10.6 Å². The van der Waals surface area contributed by atoms with Crippen molar-refractivity contribution in [3.63, 3.8) is 0 Å². The number of likely N-dealkylation sites (N-methyl/N-ethyl adjacent to an activating group) is 1. The molecule has 2 nitrogen and oxygen atoms in total. The van der Waals surface area contributed by atoms with Gasteiger partial charge in [-0.2, -0.15) is 0 Å². The van der Waals surface area contributed by atoms with Crippen LogP contribution in [-0.2, 0) is 6.42 Å². The number of halogens is 2. The largest absolute Gasteiger partial charge is 0.391 e. The summed E-state index contributed by atoms with van der Waals surface area (Å²) >= 11 is 5.89. The minimum Gasteiger partial charge on any atom is -0.391 e. The summed E-state index contributed by atoms with van der Waals surface area (Å²) < 4.78 is 13.7. The number of aliphatic hydroxyl groups is 1. The van der Waals surface area contributed by atoms with Crippen LogP contribution in [0.4, 0.5) is 4.39 Å². The van der Waals surface area contributed by atoms with Gasteiger partial charge >= 0.3 is 0 Å². The Morgan fingerprint density at radius 3 is 2.37 bits per heavy atom. The molecular formula is C15H23ClFNO. The van der Waals surface area contributed by atoms with E-state index in [1.807, 2.05) is 32.8 Å². The Labute approximate surface area is 120 Å². The molecule has 0 heterocycles. The number of hydrogen-bond acceptors (Lipinski definition) is 2. The summed E-state index contributed by atoms with van der Waals surface area (Å²) in [4.78, 5) is 2.03. The lowest BCUT2D eigenvalue weighted by Crippen LogP contribution is -2.53. The van der Waals surface area contributed by atoms with Crippen molar-refractivity contribution in [2.45, 2.75) is 44.8 Å². The van der Waals surface area contributed by atoms with Gasteiger partial charge in [0, 0.05) is 17.0 Å². The van der Waals surface area contributed by atoms with Crippen LogP contribution >= 0.6 is 11.6 Å². The zero-order valence-corrected chi connectivity index (χ0v) is 12.8. The van der Waals surface area contributed by atoms with Gasteiger partial charge in [0.1, 0.15) is 5.82 Å². The van der Waals surface area contributed by atoms with Crippen LogP contribution < -0.4 is 0 Å². The summed E-state index contributed by atoms with van der Waals surface area (Å²) in [7, 11) is 3.90. The molecule has 0 aliphatic heterocycles. The summed E-state index contributed by atoms with van der Waals surface area (Å²) in [5, 5.41) is 11.0. The first-order valence-corrected chi connectivity index (χ1v) is 7.04. The van der Waals surface area contributed by atoms with Crippen LogP contribution in [-0.4, -0.2) is 35.7 Å². The topological polar surface area (TPSA) is 23.5 Å². The normalized spacial score (nSPS) is 13.9. The van der Waals surface area contributed by atoms with Gasteiger partial charge in [0.15, 0.2) is 0 Å². The molecule has 0 fully saturated rings. The number of hydrogen-bond donors (Lipinski definition) is 1. The van der Waals surface area contributed by atoms with Gasteiger partial charge in [0.25, 0.3) is 0 Å². The van der Waals surface area contributed by atoms with Gasteiger partial charge in [-0.05, 0) is 50.7 Å². The van der Waals surface area contributed by atoms with E-state index in [0.717, 1.165) is 12.8 Å². The molecule has 0 aromatic heterocycles. The van der Waals surface area contributed by atoms with E-state index in [2.05, 4.69) is 0 Å². The third kappa shape index (κ3) is 3.47. The molecule has 4 heteroatoms. The summed E-state index contributed by atoms with van der Waals surface area (Å²) in [5.74, 6) is -0.316. The van der Waals surface area contributed by atoms with Crippen LogP contribution in [0.25, 0.3) is 0 Å². The second-order valence-electron chi connectivity index (χ2n) is 5.16. The highest BCUT2D eigenvalue weighted by molar-refractivity contribution is 6.30. The van der Waals surface area contributed by atoms with Crippen LogP contribution in [0.1, 0.15) is 32.3 Å². The molecule has 1 N–H and O–H groups in total. The standard InChI is InChI=1S/C15H23ClFNO/c1-5-15(6-2,18(3)4)14(19)10-11-9-12(16)7-8-13(11)17/h7-9,14,19H,5-6,10H2,1-4H3. The maximum atomic E-state index is 13.7. The maximum Gasteiger partial charge on any atom is 0.126 e. The molecule has 0 saturated heterocycles. The Morgan fingerprint density at radius 2 is 1.89 bits per heavy atom. The molecule has 0 saturated carbocycles. The summed E-state index contributed by atoms with van der Waals surface area (Å²) in [5.41, 5.74) is 0.127. The van der Waals surface area contributed by atoms with Crippen LogP contribution in [0.15, 0.2) is 18.2 Å². The van der Waals surface area contributed by atoms with Crippen molar-refractivity contribution in [1.82, 2.24) is 4.90 Å². The van der Waals surface area contributed by atoms with Crippen LogP contribution in [0.5, 0.6) is 0 Å². The zero-order valence-electron chi connectivity index (χ0n) is 12.1. The summed E-state index contributed by atoms with van der Waals surface area (Å²) in [6.45, 7) is 4.09. The van der Waals surface area contributed by atoms with Crippen LogP contribution in [0, 0.1) is 5.82 Å². The summed E-state index contributed by atoms with van der Waals surface area (Å²) in [6, 6.07) is 4.46. The highest BCUT2D eigenvalue weighted by atomic mass is 35.5. The van der Waals surface area contributed by atoms with E-state index < -0.39 is 6.10 Å². The van der Waals surface area contributed by atoms with Crippen molar-refractivity contribution in [2.24, 2.45) is 0 Å². The Kier molecular flexibility index (Phi) is 5.78. The quantitative estimate of drug-likeness (QED) is 0.865. The van der Waals surface area contributed by atoms with Crippen molar-refractivity contribution in [3.05, 3.63) is 34.6 Å². The van der Waals surface area contributed by atoms with Crippen LogP contribution in [0.2, 0.25) is 5.02 Å². The molecule has 0 aliphatic rings. The second kappa shape index (κ2) is 6.69. The average Bonchev–Trinajstić information content (AvgIpc) is 2.35. The monoisotopic (exact) mass is 287 g/mol. The Morgan fingerprint density at radius 1 is 1.32 bits per heavy atom. The van der Waals surface area contributed by atoms with Gasteiger partial charge in [0.2, 0.25) is 0 Å². The molecular weight excluding hydrogens is 265 g/mol. The fourth-order valence-electron chi connectivity index (χ4n) is 2.75. The molecule has 1 unspecified atom stereocenters. The van der Waals surface area contributed by atoms with Crippen molar-refractivity contribution in [3.8, 4) is 0 Å². The number of nitrogens with zero attached hydrogens (tertiary/aromatic N) is 1. The highest BCUT2D eigenvalue weighted by Crippen LogP contribution is 2.29. The first-order valence-electron chi connectivity index (χ1n) is 6.66. The molecule has 0 aliphatic carbocycles.